The number of anilines is 6. The van der Waals surface area contributed by atoms with Crippen molar-refractivity contribution in [1.82, 2.24) is 0 Å². The highest BCUT2D eigenvalue weighted by molar-refractivity contribution is 7.00. The van der Waals surface area contributed by atoms with Gasteiger partial charge >= 0.3 is 0 Å². The summed E-state index contributed by atoms with van der Waals surface area (Å²) in [6.07, 6.45) is 4.43. The van der Waals surface area contributed by atoms with Gasteiger partial charge in [0.15, 0.2) is 0 Å². The van der Waals surface area contributed by atoms with Crippen LogP contribution in [0.25, 0.3) is 33.1 Å². The quantitative estimate of drug-likeness (QED) is 0.164. The SMILES string of the molecule is [2H]c1c([2H])c([2H])c(-c2cc(C(C)(C)C)ccc2N2c3cc4oc5ccc(C(C)C)cc5c4cc3B3c4cc5c(cc4N(c4ccc6c(c4)C(C)(C)CCC6(C)C)c4cc(C)cc2c43)C(C)(C)CCC5(C)C)c([2H])c1[2H]. The molecule has 354 valence electrons. The lowest BCUT2D eigenvalue weighted by Crippen LogP contribution is -2.62. The lowest BCUT2D eigenvalue weighted by atomic mass is 9.33. The average molecular weight is 924 g/mol. The largest absolute Gasteiger partial charge is 0.456 e. The molecule has 0 saturated carbocycles. The Hall–Kier alpha value is -6.00. The average Bonchev–Trinajstić information content (AvgIpc) is 3.72. The molecular weight excluding hydrogens is 848 g/mol. The lowest BCUT2D eigenvalue weighted by Gasteiger charge is -2.48. The van der Waals surface area contributed by atoms with Gasteiger partial charge in [0.1, 0.15) is 11.2 Å². The Morgan fingerprint density at radius 2 is 1.14 bits per heavy atom. The van der Waals surface area contributed by atoms with E-state index in [0.717, 1.165) is 92.6 Å². The summed E-state index contributed by atoms with van der Waals surface area (Å²) in [5, 5.41) is 2.14. The minimum absolute atomic E-state index is 0.0150. The van der Waals surface area contributed by atoms with E-state index >= 15 is 0 Å². The highest BCUT2D eigenvalue weighted by Crippen LogP contribution is 2.54. The first-order valence-corrected chi connectivity index (χ1v) is 25.9. The van der Waals surface area contributed by atoms with Gasteiger partial charge in [0.2, 0.25) is 0 Å². The van der Waals surface area contributed by atoms with Crippen LogP contribution in [-0.2, 0) is 27.1 Å². The molecule has 0 radical (unpaired) electrons. The van der Waals surface area contributed by atoms with Crippen molar-refractivity contribution >= 4 is 79.2 Å². The van der Waals surface area contributed by atoms with Crippen LogP contribution in [-0.4, -0.2) is 6.71 Å². The summed E-state index contributed by atoms with van der Waals surface area (Å²) in [5.41, 5.74) is 20.7. The Balaban J connectivity index is 1.25. The Morgan fingerprint density at radius 3 is 1.80 bits per heavy atom. The smallest absolute Gasteiger partial charge is 0.252 e. The van der Waals surface area contributed by atoms with Crippen LogP contribution in [0, 0.1) is 6.92 Å². The van der Waals surface area contributed by atoms with Crippen LogP contribution in [0.15, 0.2) is 126 Å². The Labute approximate surface area is 425 Å². The first kappa shape index (κ1) is 39.7. The zero-order chi connectivity index (χ0) is 53.5. The second-order valence-corrected chi connectivity index (χ2v) is 25.4. The van der Waals surface area contributed by atoms with Gasteiger partial charge in [0.25, 0.3) is 6.71 Å². The Morgan fingerprint density at radius 1 is 0.557 bits per heavy atom. The van der Waals surface area contributed by atoms with Gasteiger partial charge in [-0.05, 0) is 181 Å². The van der Waals surface area contributed by atoms with E-state index in [1.165, 1.54) is 44.4 Å². The molecule has 0 atom stereocenters. The molecule has 0 saturated heterocycles. The van der Waals surface area contributed by atoms with Crippen molar-refractivity contribution in [2.75, 3.05) is 9.80 Å². The van der Waals surface area contributed by atoms with Crippen molar-refractivity contribution in [2.24, 2.45) is 0 Å². The van der Waals surface area contributed by atoms with E-state index < -0.39 is 6.04 Å². The number of benzene rings is 7. The third-order valence-electron chi connectivity index (χ3n) is 17.4. The minimum Gasteiger partial charge on any atom is -0.456 e. The standard InChI is InChI=1S/C66H71BN2O/c1-39(2)42-20-25-59-46(32-42)47-35-52-56(38-60(47)70-59)69(54-24-21-43(62(4,5)6)33-45(54)41-18-16-15-17-19-41)58-31-40(3)30-57-61(58)67(52)53-36-50-51(66(13,14)29-28-65(50,11)12)37-55(53)68(57)44-22-23-48-49(34-44)64(9,10)27-26-63(48,7)8/h15-25,30-39H,26-29H2,1-14H3/i15D,16D,17D,18D,19D. The maximum atomic E-state index is 9.50. The van der Waals surface area contributed by atoms with E-state index in [9.17, 15) is 2.74 Å². The topological polar surface area (TPSA) is 19.6 Å². The third kappa shape index (κ3) is 6.74. The van der Waals surface area contributed by atoms with Crippen LogP contribution in [0.1, 0.15) is 167 Å². The lowest BCUT2D eigenvalue weighted by molar-refractivity contribution is 0.332. The number of fused-ring (bicyclic) bond motifs is 9. The molecule has 0 N–H and O–H groups in total. The summed E-state index contributed by atoms with van der Waals surface area (Å²) in [6, 6.07) is 33.2. The second-order valence-electron chi connectivity index (χ2n) is 25.4. The fraction of sp³-hybridized carbons (Fsp3) is 0.364. The molecule has 0 unspecified atom stereocenters. The van der Waals surface area contributed by atoms with Crippen molar-refractivity contribution in [3.05, 3.63) is 160 Å². The molecule has 3 nitrogen and oxygen atoms in total. The molecule has 4 aliphatic rings. The van der Waals surface area contributed by atoms with E-state index in [1.54, 1.807) is 0 Å². The highest BCUT2D eigenvalue weighted by atomic mass is 16.3. The number of furan rings is 1. The summed E-state index contributed by atoms with van der Waals surface area (Å²) in [7, 11) is 0. The van der Waals surface area contributed by atoms with Crippen molar-refractivity contribution in [2.45, 2.75) is 156 Å². The first-order valence-electron chi connectivity index (χ1n) is 28.4. The zero-order valence-corrected chi connectivity index (χ0v) is 43.9. The monoisotopic (exact) mass is 924 g/mol. The fourth-order valence-electron chi connectivity index (χ4n) is 12.9. The predicted octanol–water partition coefficient (Wildman–Crippen LogP) is 16.8. The van der Waals surface area contributed by atoms with Crippen LogP contribution in [0.5, 0.6) is 0 Å². The highest BCUT2D eigenvalue weighted by Gasteiger charge is 2.48. The Kier molecular flexibility index (Phi) is 8.52. The molecule has 0 spiro atoms. The maximum Gasteiger partial charge on any atom is 0.252 e. The summed E-state index contributed by atoms with van der Waals surface area (Å²) in [5.74, 6) is 0.330. The maximum absolute atomic E-state index is 9.50. The summed E-state index contributed by atoms with van der Waals surface area (Å²) in [6.45, 7) is 32.3. The van der Waals surface area contributed by atoms with E-state index in [-0.39, 0.29) is 63.5 Å². The van der Waals surface area contributed by atoms with Crippen molar-refractivity contribution in [1.29, 1.82) is 0 Å². The summed E-state index contributed by atoms with van der Waals surface area (Å²) >= 11 is 0. The van der Waals surface area contributed by atoms with E-state index in [1.807, 2.05) is 0 Å². The van der Waals surface area contributed by atoms with E-state index in [2.05, 4.69) is 198 Å². The fourth-order valence-corrected chi connectivity index (χ4v) is 12.9. The first-order chi connectivity index (χ1) is 35.1. The van der Waals surface area contributed by atoms with E-state index in [4.69, 9.17) is 8.53 Å². The summed E-state index contributed by atoms with van der Waals surface area (Å²) < 4.78 is 52.5. The molecule has 1 aromatic heterocycles. The Bertz CT molecular complexity index is 3770. The van der Waals surface area contributed by atoms with E-state index in [0.29, 0.717) is 11.5 Å². The molecule has 4 heteroatoms. The van der Waals surface area contributed by atoms with Crippen molar-refractivity contribution in [3.8, 4) is 11.1 Å². The molecule has 12 rings (SSSR count). The van der Waals surface area contributed by atoms with Gasteiger partial charge < -0.3 is 14.2 Å². The molecule has 0 bridgehead atoms. The van der Waals surface area contributed by atoms with Crippen LogP contribution in [0.4, 0.5) is 34.1 Å². The summed E-state index contributed by atoms with van der Waals surface area (Å²) in [4.78, 5) is 4.91. The van der Waals surface area contributed by atoms with Gasteiger partial charge in [-0.25, -0.2) is 0 Å². The molecular formula is C66H71BN2O. The van der Waals surface area contributed by atoms with Crippen molar-refractivity contribution in [3.63, 3.8) is 0 Å². The van der Waals surface area contributed by atoms with Gasteiger partial charge in [-0.1, -0.05) is 151 Å². The molecule has 2 aliphatic carbocycles. The molecule has 0 fully saturated rings. The van der Waals surface area contributed by atoms with Gasteiger partial charge in [0.05, 0.1) is 12.5 Å². The minimum atomic E-state index is -0.407. The number of aryl methyl sites for hydroxylation is 1. The number of hydrogen-bond donors (Lipinski definition) is 0. The second kappa shape index (κ2) is 15.0. The predicted molar refractivity (Wildman–Crippen MR) is 301 cm³/mol. The van der Waals surface area contributed by atoms with Crippen molar-refractivity contribution < 1.29 is 11.3 Å². The number of hydrogen-bond acceptors (Lipinski definition) is 3. The van der Waals surface area contributed by atoms with Gasteiger partial charge in [0, 0.05) is 50.8 Å². The number of nitrogens with zero attached hydrogens (tertiary/aromatic N) is 2. The molecule has 3 heterocycles. The van der Waals surface area contributed by atoms with Crippen LogP contribution in [0.3, 0.4) is 0 Å². The van der Waals surface area contributed by atoms with Gasteiger partial charge in [-0.3, -0.25) is 0 Å². The molecule has 70 heavy (non-hydrogen) atoms. The van der Waals surface area contributed by atoms with Gasteiger partial charge in [-0.2, -0.15) is 0 Å². The van der Waals surface area contributed by atoms with Crippen LogP contribution >= 0.6 is 0 Å². The molecule has 0 amide bonds. The van der Waals surface area contributed by atoms with Crippen LogP contribution in [0.2, 0.25) is 0 Å². The normalized spacial score (nSPS) is 19.1. The van der Waals surface area contributed by atoms with Crippen LogP contribution < -0.4 is 26.2 Å². The molecule has 2 aliphatic heterocycles. The zero-order valence-electron chi connectivity index (χ0n) is 48.9. The third-order valence-corrected chi connectivity index (χ3v) is 17.4. The molecule has 7 aromatic carbocycles. The number of rotatable bonds is 4. The van der Waals surface area contributed by atoms with Gasteiger partial charge in [-0.15, -0.1) is 0 Å². The molecule has 8 aromatic rings.